The number of nitrogens with zero attached hydrogens (tertiary/aromatic N) is 3. The van der Waals surface area contributed by atoms with Crippen LogP contribution in [-0.2, 0) is 0 Å². The van der Waals surface area contributed by atoms with Crippen molar-refractivity contribution in [1.82, 2.24) is 20.2 Å². The number of hydrogen-bond acceptors (Lipinski definition) is 5. The summed E-state index contributed by atoms with van der Waals surface area (Å²) in [5.41, 5.74) is 1.74. The van der Waals surface area contributed by atoms with Gasteiger partial charge < -0.3 is 10.1 Å². The average molecular weight is 334 g/mol. The van der Waals surface area contributed by atoms with E-state index in [1.54, 1.807) is 24.4 Å². The van der Waals surface area contributed by atoms with Crippen molar-refractivity contribution in [2.45, 2.75) is 6.92 Å². The summed E-state index contributed by atoms with van der Waals surface area (Å²) in [5.74, 6) is 1.09. The number of rotatable bonds is 4. The van der Waals surface area contributed by atoms with E-state index < -0.39 is 5.82 Å². The van der Waals surface area contributed by atoms with Crippen LogP contribution >= 0.6 is 11.6 Å². The second-order valence-corrected chi connectivity index (χ2v) is 5.15. The number of nitrogens with one attached hydrogen (secondary N) is 2. The van der Waals surface area contributed by atoms with Crippen LogP contribution in [0.3, 0.4) is 0 Å². The molecule has 0 saturated carbocycles. The summed E-state index contributed by atoms with van der Waals surface area (Å²) >= 11 is 5.78. The normalized spacial score (nSPS) is 10.6. The Kier molecular flexibility index (Phi) is 4.12. The summed E-state index contributed by atoms with van der Waals surface area (Å²) in [6, 6.07) is 6.30. The minimum absolute atomic E-state index is 0.134. The van der Waals surface area contributed by atoms with E-state index in [9.17, 15) is 4.39 Å². The van der Waals surface area contributed by atoms with Crippen molar-refractivity contribution in [3.05, 3.63) is 47.1 Å². The zero-order chi connectivity index (χ0) is 16.4. The number of ether oxygens (including phenoxy) is 1. The van der Waals surface area contributed by atoms with Crippen molar-refractivity contribution in [1.29, 1.82) is 0 Å². The molecule has 1 aromatic carbocycles. The summed E-state index contributed by atoms with van der Waals surface area (Å²) in [6.45, 7) is 1.84. The van der Waals surface area contributed by atoms with Crippen molar-refractivity contribution >= 4 is 23.2 Å². The number of aryl methyl sites for hydroxylation is 1. The first-order chi connectivity index (χ1) is 11.1. The van der Waals surface area contributed by atoms with E-state index in [-0.39, 0.29) is 5.28 Å². The van der Waals surface area contributed by atoms with Crippen molar-refractivity contribution in [2.75, 3.05) is 12.4 Å². The molecule has 3 rings (SSSR count). The lowest BCUT2D eigenvalue weighted by atomic mass is 10.1. The largest absolute Gasteiger partial charge is 0.497 e. The van der Waals surface area contributed by atoms with Crippen LogP contribution in [0, 0.1) is 12.7 Å². The SMILES string of the molecule is COc1ccc(-c2cc(Nc3nc(Cl)ncc3C)n[nH]2)c(F)c1. The van der Waals surface area contributed by atoms with Crippen molar-refractivity contribution in [3.63, 3.8) is 0 Å². The minimum Gasteiger partial charge on any atom is -0.497 e. The van der Waals surface area contributed by atoms with E-state index in [0.717, 1.165) is 5.56 Å². The van der Waals surface area contributed by atoms with E-state index in [4.69, 9.17) is 16.3 Å². The van der Waals surface area contributed by atoms with E-state index in [2.05, 4.69) is 25.5 Å². The van der Waals surface area contributed by atoms with Crippen LogP contribution in [0.2, 0.25) is 5.28 Å². The average Bonchev–Trinajstić information content (AvgIpc) is 2.99. The summed E-state index contributed by atoms with van der Waals surface area (Å²) < 4.78 is 19.1. The first kappa shape index (κ1) is 15.2. The molecule has 2 N–H and O–H groups in total. The molecule has 0 bridgehead atoms. The molecule has 0 radical (unpaired) electrons. The van der Waals surface area contributed by atoms with Gasteiger partial charge in [0.1, 0.15) is 17.4 Å². The quantitative estimate of drug-likeness (QED) is 0.712. The highest BCUT2D eigenvalue weighted by Gasteiger charge is 2.11. The molecular formula is C15H13ClFN5O. The Labute approximate surface area is 136 Å². The van der Waals surface area contributed by atoms with Gasteiger partial charge in [-0.3, -0.25) is 5.10 Å². The zero-order valence-electron chi connectivity index (χ0n) is 12.4. The van der Waals surface area contributed by atoms with Gasteiger partial charge in [0.2, 0.25) is 5.28 Å². The van der Waals surface area contributed by atoms with Crippen molar-refractivity contribution in [2.24, 2.45) is 0 Å². The minimum atomic E-state index is -0.402. The highest BCUT2D eigenvalue weighted by molar-refractivity contribution is 6.28. The Morgan fingerprint density at radius 1 is 1.30 bits per heavy atom. The Hall–Kier alpha value is -2.67. The third-order valence-corrected chi connectivity index (χ3v) is 3.42. The number of aromatic amines is 1. The molecule has 0 aliphatic heterocycles. The lowest BCUT2D eigenvalue weighted by Crippen LogP contribution is -1.98. The topological polar surface area (TPSA) is 75.7 Å². The van der Waals surface area contributed by atoms with Crippen LogP contribution in [-0.4, -0.2) is 27.3 Å². The van der Waals surface area contributed by atoms with Gasteiger partial charge in [-0.1, -0.05) is 0 Å². The van der Waals surface area contributed by atoms with Gasteiger partial charge in [-0.25, -0.2) is 14.4 Å². The smallest absolute Gasteiger partial charge is 0.224 e. The molecule has 2 heterocycles. The number of methoxy groups -OCH3 is 1. The molecule has 3 aromatic rings. The Balaban J connectivity index is 1.87. The monoisotopic (exact) mass is 333 g/mol. The van der Waals surface area contributed by atoms with Crippen LogP contribution in [0.1, 0.15) is 5.56 Å². The molecule has 8 heteroatoms. The molecule has 0 fully saturated rings. The van der Waals surface area contributed by atoms with Gasteiger partial charge in [0.15, 0.2) is 5.82 Å². The number of benzene rings is 1. The molecule has 0 amide bonds. The van der Waals surface area contributed by atoms with E-state index >= 15 is 0 Å². The van der Waals surface area contributed by atoms with Crippen molar-refractivity contribution in [3.8, 4) is 17.0 Å². The maximum atomic E-state index is 14.1. The standard InChI is InChI=1S/C15H13ClFN5O/c1-8-7-18-15(16)20-14(8)19-13-6-12(21-22-13)10-4-3-9(23-2)5-11(10)17/h3-7H,1-2H3,(H2,18,19,20,21,22). The summed E-state index contributed by atoms with van der Waals surface area (Å²) in [5, 5.41) is 10.0. The number of aromatic nitrogens is 4. The van der Waals surface area contributed by atoms with Gasteiger partial charge in [0.05, 0.1) is 12.8 Å². The molecule has 0 atom stereocenters. The van der Waals surface area contributed by atoms with Gasteiger partial charge >= 0.3 is 0 Å². The van der Waals surface area contributed by atoms with E-state index in [0.29, 0.717) is 28.6 Å². The lowest BCUT2D eigenvalue weighted by molar-refractivity contribution is 0.411. The van der Waals surface area contributed by atoms with Crippen LogP contribution in [0.15, 0.2) is 30.5 Å². The fourth-order valence-corrected chi connectivity index (χ4v) is 2.17. The summed E-state index contributed by atoms with van der Waals surface area (Å²) in [4.78, 5) is 7.98. The molecule has 0 unspecified atom stereocenters. The highest BCUT2D eigenvalue weighted by Crippen LogP contribution is 2.27. The number of halogens is 2. The lowest BCUT2D eigenvalue weighted by Gasteiger charge is -2.05. The summed E-state index contributed by atoms with van der Waals surface area (Å²) in [6.07, 6.45) is 1.61. The van der Waals surface area contributed by atoms with Gasteiger partial charge in [-0.2, -0.15) is 5.10 Å². The zero-order valence-corrected chi connectivity index (χ0v) is 13.1. The van der Waals surface area contributed by atoms with Crippen molar-refractivity contribution < 1.29 is 9.13 Å². The van der Waals surface area contributed by atoms with Crippen LogP contribution in [0.4, 0.5) is 16.0 Å². The van der Waals surface area contributed by atoms with Gasteiger partial charge in [-0.05, 0) is 30.7 Å². The predicted molar refractivity (Wildman–Crippen MR) is 85.6 cm³/mol. The van der Waals surface area contributed by atoms with Crippen LogP contribution < -0.4 is 10.1 Å². The molecule has 0 aliphatic rings. The summed E-state index contributed by atoms with van der Waals surface area (Å²) in [7, 11) is 1.49. The van der Waals surface area contributed by atoms with E-state index in [1.807, 2.05) is 6.92 Å². The third kappa shape index (κ3) is 3.24. The number of hydrogen-bond donors (Lipinski definition) is 2. The third-order valence-electron chi connectivity index (χ3n) is 3.23. The Morgan fingerprint density at radius 2 is 2.13 bits per heavy atom. The van der Waals surface area contributed by atoms with Gasteiger partial charge in [0, 0.05) is 29.5 Å². The molecule has 23 heavy (non-hydrogen) atoms. The molecule has 118 valence electrons. The fraction of sp³-hybridized carbons (Fsp3) is 0.133. The first-order valence-corrected chi connectivity index (χ1v) is 7.10. The number of H-pyrrole nitrogens is 1. The second kappa shape index (κ2) is 6.21. The van der Waals surface area contributed by atoms with Gasteiger partial charge in [0.25, 0.3) is 0 Å². The second-order valence-electron chi connectivity index (χ2n) is 4.81. The Morgan fingerprint density at radius 3 is 2.87 bits per heavy atom. The maximum absolute atomic E-state index is 14.1. The van der Waals surface area contributed by atoms with Crippen LogP contribution in [0.25, 0.3) is 11.3 Å². The number of anilines is 2. The van der Waals surface area contributed by atoms with Crippen LogP contribution in [0.5, 0.6) is 5.75 Å². The molecule has 0 spiro atoms. The first-order valence-electron chi connectivity index (χ1n) is 6.72. The molecular weight excluding hydrogens is 321 g/mol. The predicted octanol–water partition coefficient (Wildman–Crippen LogP) is 3.72. The van der Waals surface area contributed by atoms with Gasteiger partial charge in [-0.15, -0.1) is 0 Å². The maximum Gasteiger partial charge on any atom is 0.224 e. The molecule has 0 saturated heterocycles. The Bertz CT molecular complexity index is 852. The molecule has 2 aromatic heterocycles. The molecule has 0 aliphatic carbocycles. The molecule has 6 nitrogen and oxygen atoms in total. The van der Waals surface area contributed by atoms with E-state index in [1.165, 1.54) is 13.2 Å². The fourth-order valence-electron chi connectivity index (χ4n) is 2.03. The highest BCUT2D eigenvalue weighted by atomic mass is 35.5.